The van der Waals surface area contributed by atoms with Crippen molar-refractivity contribution < 1.29 is 9.13 Å². The van der Waals surface area contributed by atoms with E-state index >= 15 is 0 Å². The Kier molecular flexibility index (Phi) is 3.81. The first-order chi connectivity index (χ1) is 9.72. The zero-order chi connectivity index (χ0) is 13.9. The van der Waals surface area contributed by atoms with E-state index in [1.807, 2.05) is 0 Å². The number of halogens is 1. The largest absolute Gasteiger partial charge is 0.368 e. The molecular formula is C17H18FNO. The van der Waals surface area contributed by atoms with Gasteiger partial charge in [0.05, 0.1) is 12.2 Å². The van der Waals surface area contributed by atoms with Gasteiger partial charge >= 0.3 is 0 Å². The van der Waals surface area contributed by atoms with E-state index in [2.05, 4.69) is 36.5 Å². The van der Waals surface area contributed by atoms with Gasteiger partial charge in [0, 0.05) is 13.1 Å². The van der Waals surface area contributed by atoms with Crippen molar-refractivity contribution >= 4 is 0 Å². The Hall–Kier alpha value is -1.71. The first-order valence-corrected chi connectivity index (χ1v) is 6.94. The molecule has 2 nitrogen and oxygen atoms in total. The predicted octanol–water partition coefficient (Wildman–Crippen LogP) is 3.54. The number of ether oxygens (including phenoxy) is 1. The molecular weight excluding hydrogens is 253 g/mol. The van der Waals surface area contributed by atoms with Crippen LogP contribution in [0.5, 0.6) is 0 Å². The molecule has 104 valence electrons. The molecule has 0 bridgehead atoms. The van der Waals surface area contributed by atoms with E-state index in [1.165, 1.54) is 17.7 Å². The van der Waals surface area contributed by atoms with Gasteiger partial charge in [-0.1, -0.05) is 36.4 Å². The number of hydrogen-bond acceptors (Lipinski definition) is 2. The van der Waals surface area contributed by atoms with Crippen molar-refractivity contribution in [2.24, 2.45) is 0 Å². The third-order valence-electron chi connectivity index (χ3n) is 3.62. The van der Waals surface area contributed by atoms with Crippen molar-refractivity contribution in [1.29, 1.82) is 0 Å². The molecule has 2 aromatic carbocycles. The van der Waals surface area contributed by atoms with Crippen molar-refractivity contribution in [3.8, 4) is 11.1 Å². The van der Waals surface area contributed by atoms with Gasteiger partial charge in [0.2, 0.25) is 0 Å². The van der Waals surface area contributed by atoms with E-state index in [0.717, 1.165) is 24.2 Å². The van der Waals surface area contributed by atoms with E-state index in [4.69, 9.17) is 4.74 Å². The predicted molar refractivity (Wildman–Crippen MR) is 78.0 cm³/mol. The van der Waals surface area contributed by atoms with Gasteiger partial charge < -0.3 is 10.1 Å². The van der Waals surface area contributed by atoms with Crippen LogP contribution in [0.25, 0.3) is 11.1 Å². The average molecular weight is 271 g/mol. The number of rotatable bonds is 2. The lowest BCUT2D eigenvalue weighted by Gasteiger charge is -2.29. The molecule has 0 aliphatic carbocycles. The lowest BCUT2D eigenvalue weighted by Crippen LogP contribution is -2.38. The third-order valence-corrected chi connectivity index (χ3v) is 3.62. The van der Waals surface area contributed by atoms with Crippen LogP contribution in [-0.2, 0) is 4.74 Å². The van der Waals surface area contributed by atoms with Gasteiger partial charge in [0.1, 0.15) is 5.82 Å². The number of hydrogen-bond donors (Lipinski definition) is 1. The molecule has 0 radical (unpaired) electrons. The minimum absolute atomic E-state index is 0.112. The second kappa shape index (κ2) is 5.73. The topological polar surface area (TPSA) is 21.3 Å². The van der Waals surface area contributed by atoms with Crippen LogP contribution >= 0.6 is 0 Å². The SMILES string of the molecule is CC1CNCC(c2ccc(-c3ccc(F)cc3)cc2)O1. The lowest BCUT2D eigenvalue weighted by atomic mass is 10.0. The highest BCUT2D eigenvalue weighted by Crippen LogP contribution is 2.25. The highest BCUT2D eigenvalue weighted by molar-refractivity contribution is 5.63. The normalized spacial score (nSPS) is 22.7. The summed E-state index contributed by atoms with van der Waals surface area (Å²) in [6.45, 7) is 3.83. The van der Waals surface area contributed by atoms with Gasteiger partial charge in [-0.2, -0.15) is 0 Å². The molecule has 1 heterocycles. The standard InChI is InChI=1S/C17H18FNO/c1-12-10-19-11-17(20-12)15-4-2-13(3-5-15)14-6-8-16(18)9-7-14/h2-9,12,17,19H,10-11H2,1H3. The summed E-state index contributed by atoms with van der Waals surface area (Å²) in [5.41, 5.74) is 3.29. The molecule has 1 N–H and O–H groups in total. The van der Waals surface area contributed by atoms with Crippen molar-refractivity contribution in [3.63, 3.8) is 0 Å². The van der Waals surface area contributed by atoms with Crippen LogP contribution in [0.15, 0.2) is 48.5 Å². The Labute approximate surface area is 118 Å². The van der Waals surface area contributed by atoms with E-state index < -0.39 is 0 Å². The summed E-state index contributed by atoms with van der Waals surface area (Å²) in [5, 5.41) is 3.37. The molecule has 1 fully saturated rings. The molecule has 3 heteroatoms. The molecule has 3 rings (SSSR count). The van der Waals surface area contributed by atoms with Crippen LogP contribution in [0.1, 0.15) is 18.6 Å². The summed E-state index contributed by atoms with van der Waals surface area (Å²) in [6.07, 6.45) is 0.353. The molecule has 1 aliphatic rings. The average Bonchev–Trinajstić information content (AvgIpc) is 2.48. The molecule has 1 aliphatic heterocycles. The fraction of sp³-hybridized carbons (Fsp3) is 0.294. The maximum Gasteiger partial charge on any atom is 0.123 e. The first kappa shape index (κ1) is 13.3. The van der Waals surface area contributed by atoms with Gasteiger partial charge in [0.25, 0.3) is 0 Å². The van der Waals surface area contributed by atoms with Crippen molar-refractivity contribution in [3.05, 3.63) is 59.9 Å². The van der Waals surface area contributed by atoms with E-state index in [9.17, 15) is 4.39 Å². The van der Waals surface area contributed by atoms with Crippen molar-refractivity contribution in [2.75, 3.05) is 13.1 Å². The summed E-state index contributed by atoms with van der Waals surface area (Å²) in [5.74, 6) is -0.207. The quantitative estimate of drug-likeness (QED) is 0.902. The van der Waals surface area contributed by atoms with Crippen LogP contribution in [0.3, 0.4) is 0 Å². The Morgan fingerprint density at radius 3 is 2.15 bits per heavy atom. The van der Waals surface area contributed by atoms with Gasteiger partial charge in [0.15, 0.2) is 0 Å². The Balaban J connectivity index is 1.78. The van der Waals surface area contributed by atoms with Crippen LogP contribution in [-0.4, -0.2) is 19.2 Å². The summed E-state index contributed by atoms with van der Waals surface area (Å²) < 4.78 is 18.8. The van der Waals surface area contributed by atoms with Gasteiger partial charge in [-0.3, -0.25) is 0 Å². The minimum atomic E-state index is -0.207. The molecule has 0 amide bonds. The molecule has 2 aromatic rings. The molecule has 0 aromatic heterocycles. The van der Waals surface area contributed by atoms with Crippen LogP contribution < -0.4 is 5.32 Å². The number of morpholine rings is 1. The summed E-state index contributed by atoms with van der Waals surface area (Å²) in [7, 11) is 0. The van der Waals surface area contributed by atoms with Gasteiger partial charge in [-0.25, -0.2) is 4.39 Å². The zero-order valence-corrected chi connectivity index (χ0v) is 11.5. The Morgan fingerprint density at radius 2 is 1.55 bits per heavy atom. The molecule has 2 atom stereocenters. The summed E-state index contributed by atoms with van der Waals surface area (Å²) in [6, 6.07) is 14.9. The molecule has 0 spiro atoms. The fourth-order valence-corrected chi connectivity index (χ4v) is 2.52. The van der Waals surface area contributed by atoms with Crippen molar-refractivity contribution in [1.82, 2.24) is 5.32 Å². The van der Waals surface area contributed by atoms with Crippen molar-refractivity contribution in [2.45, 2.75) is 19.1 Å². The Morgan fingerprint density at radius 1 is 0.950 bits per heavy atom. The fourth-order valence-electron chi connectivity index (χ4n) is 2.52. The Bertz CT molecular complexity index is 565. The van der Waals surface area contributed by atoms with Crippen LogP contribution in [0.4, 0.5) is 4.39 Å². The van der Waals surface area contributed by atoms with Gasteiger partial charge in [-0.05, 0) is 35.7 Å². The highest BCUT2D eigenvalue weighted by atomic mass is 19.1. The summed E-state index contributed by atoms with van der Waals surface area (Å²) >= 11 is 0. The molecule has 2 unspecified atom stereocenters. The molecule has 0 saturated carbocycles. The molecule has 20 heavy (non-hydrogen) atoms. The molecule has 1 saturated heterocycles. The minimum Gasteiger partial charge on any atom is -0.368 e. The van der Waals surface area contributed by atoms with E-state index in [0.29, 0.717) is 0 Å². The summed E-state index contributed by atoms with van der Waals surface area (Å²) in [4.78, 5) is 0. The maximum atomic E-state index is 12.9. The number of nitrogens with one attached hydrogen (secondary N) is 1. The van der Waals surface area contributed by atoms with Crippen LogP contribution in [0, 0.1) is 5.82 Å². The smallest absolute Gasteiger partial charge is 0.123 e. The van der Waals surface area contributed by atoms with Gasteiger partial charge in [-0.15, -0.1) is 0 Å². The lowest BCUT2D eigenvalue weighted by molar-refractivity contribution is -0.0287. The van der Waals surface area contributed by atoms with Crippen LogP contribution in [0.2, 0.25) is 0 Å². The number of benzene rings is 2. The first-order valence-electron chi connectivity index (χ1n) is 6.94. The zero-order valence-electron chi connectivity index (χ0n) is 11.5. The second-order valence-corrected chi connectivity index (χ2v) is 5.22. The van der Waals surface area contributed by atoms with E-state index in [-0.39, 0.29) is 18.0 Å². The maximum absolute atomic E-state index is 12.9. The third kappa shape index (κ3) is 2.89. The van der Waals surface area contributed by atoms with E-state index in [1.54, 1.807) is 12.1 Å². The monoisotopic (exact) mass is 271 g/mol. The second-order valence-electron chi connectivity index (χ2n) is 5.22. The highest BCUT2D eigenvalue weighted by Gasteiger charge is 2.20.